The molecule has 11 heteroatoms. The SMILES string of the molecule is C[C@H](NS(C)(=O)=O)C(=O)OCCc1cn[nH]c1C(F)(F)F. The maximum absolute atomic E-state index is 12.5. The summed E-state index contributed by atoms with van der Waals surface area (Å²) in [6.07, 6.45) is -2.89. The third kappa shape index (κ3) is 5.71. The lowest BCUT2D eigenvalue weighted by molar-refractivity contribution is -0.145. The van der Waals surface area contributed by atoms with Gasteiger partial charge in [0.2, 0.25) is 10.0 Å². The number of halogens is 3. The van der Waals surface area contributed by atoms with Gasteiger partial charge in [-0.15, -0.1) is 0 Å². The first-order chi connectivity index (χ1) is 9.50. The van der Waals surface area contributed by atoms with Crippen LogP contribution in [0.3, 0.4) is 0 Å². The minimum absolute atomic E-state index is 0.140. The Bertz CT molecular complexity index is 597. The van der Waals surface area contributed by atoms with Crippen LogP contribution in [0.1, 0.15) is 18.2 Å². The molecule has 0 saturated carbocycles. The first kappa shape index (κ1) is 17.4. The van der Waals surface area contributed by atoms with Crippen molar-refractivity contribution in [2.45, 2.75) is 25.6 Å². The van der Waals surface area contributed by atoms with E-state index < -0.39 is 33.9 Å². The third-order valence-corrected chi connectivity index (χ3v) is 3.14. The Hall–Kier alpha value is -1.62. The van der Waals surface area contributed by atoms with E-state index in [1.54, 1.807) is 0 Å². The second-order valence-corrected chi connectivity index (χ2v) is 6.08. The van der Waals surface area contributed by atoms with Crippen molar-refractivity contribution in [1.82, 2.24) is 14.9 Å². The number of carbonyl (C=O) groups is 1. The van der Waals surface area contributed by atoms with Crippen LogP contribution in [0.15, 0.2) is 6.20 Å². The maximum atomic E-state index is 12.5. The lowest BCUT2D eigenvalue weighted by atomic mass is 10.2. The smallest absolute Gasteiger partial charge is 0.433 e. The van der Waals surface area contributed by atoms with Crippen molar-refractivity contribution in [2.75, 3.05) is 12.9 Å². The number of sulfonamides is 1. The van der Waals surface area contributed by atoms with Gasteiger partial charge in [-0.2, -0.15) is 18.3 Å². The summed E-state index contributed by atoms with van der Waals surface area (Å²) in [6.45, 7) is 0.944. The van der Waals surface area contributed by atoms with Gasteiger partial charge in [-0.3, -0.25) is 9.89 Å². The highest BCUT2D eigenvalue weighted by Gasteiger charge is 2.35. The summed E-state index contributed by atoms with van der Waals surface area (Å²) in [4.78, 5) is 11.4. The molecule has 0 unspecified atom stereocenters. The van der Waals surface area contributed by atoms with E-state index in [4.69, 9.17) is 4.74 Å². The molecule has 1 aromatic rings. The zero-order chi connectivity index (χ0) is 16.3. The first-order valence-electron chi connectivity index (χ1n) is 5.74. The fraction of sp³-hybridized carbons (Fsp3) is 0.600. The normalized spacial score (nSPS) is 14.0. The molecule has 0 aromatic carbocycles. The molecular weight excluding hydrogens is 315 g/mol. The van der Waals surface area contributed by atoms with E-state index in [-0.39, 0.29) is 18.6 Å². The fourth-order valence-corrected chi connectivity index (χ4v) is 2.24. The van der Waals surface area contributed by atoms with Crippen molar-refractivity contribution < 1.29 is 31.1 Å². The lowest BCUT2D eigenvalue weighted by Gasteiger charge is -2.12. The highest BCUT2D eigenvalue weighted by Crippen LogP contribution is 2.30. The van der Waals surface area contributed by atoms with Gasteiger partial charge >= 0.3 is 12.1 Å². The molecule has 0 amide bonds. The molecule has 2 N–H and O–H groups in total. The van der Waals surface area contributed by atoms with Crippen LogP contribution in [0, 0.1) is 0 Å². The van der Waals surface area contributed by atoms with Crippen molar-refractivity contribution in [1.29, 1.82) is 0 Å². The molecule has 0 fully saturated rings. The summed E-state index contributed by atoms with van der Waals surface area (Å²) in [5, 5.41) is 5.12. The van der Waals surface area contributed by atoms with E-state index in [1.807, 2.05) is 9.82 Å². The Morgan fingerprint density at radius 1 is 1.52 bits per heavy atom. The molecule has 7 nitrogen and oxygen atoms in total. The summed E-state index contributed by atoms with van der Waals surface area (Å²) in [5.74, 6) is -0.877. The number of nitrogens with one attached hydrogen (secondary N) is 2. The molecule has 0 aliphatic heterocycles. The highest BCUT2D eigenvalue weighted by atomic mass is 32.2. The number of esters is 1. The molecule has 0 aliphatic rings. The quantitative estimate of drug-likeness (QED) is 0.738. The van der Waals surface area contributed by atoms with Crippen LogP contribution in [0.4, 0.5) is 13.2 Å². The molecule has 21 heavy (non-hydrogen) atoms. The molecule has 120 valence electrons. The minimum atomic E-state index is -4.57. The van der Waals surface area contributed by atoms with Crippen LogP contribution in [0.5, 0.6) is 0 Å². The Morgan fingerprint density at radius 2 is 2.14 bits per heavy atom. The predicted octanol–water partition coefficient (Wildman–Crippen LogP) is 0.452. The first-order valence-corrected chi connectivity index (χ1v) is 7.63. The van der Waals surface area contributed by atoms with Gasteiger partial charge in [0.15, 0.2) is 0 Å². The Kier molecular flexibility index (Phi) is 5.34. The number of aromatic amines is 1. The molecule has 1 rings (SSSR count). The number of hydrogen-bond acceptors (Lipinski definition) is 5. The molecule has 0 spiro atoms. The molecule has 1 aromatic heterocycles. The van der Waals surface area contributed by atoms with E-state index >= 15 is 0 Å². The molecular formula is C10H14F3N3O4S. The standard InChI is InChI=1S/C10H14F3N3O4S/c1-6(16-21(2,18)19)9(17)20-4-3-7-5-14-15-8(7)10(11,12)13/h5-6,16H,3-4H2,1-2H3,(H,14,15)/t6-/m0/s1. The fourth-order valence-electron chi connectivity index (χ4n) is 1.50. The maximum Gasteiger partial charge on any atom is 0.433 e. The molecule has 0 bridgehead atoms. The second kappa shape index (κ2) is 6.43. The number of ether oxygens (including phenoxy) is 1. The van der Waals surface area contributed by atoms with Crippen molar-refractivity contribution >= 4 is 16.0 Å². The van der Waals surface area contributed by atoms with E-state index in [9.17, 15) is 26.4 Å². The Morgan fingerprint density at radius 3 is 2.67 bits per heavy atom. The summed E-state index contributed by atoms with van der Waals surface area (Å²) >= 11 is 0. The summed E-state index contributed by atoms with van der Waals surface area (Å²) < 4.78 is 66.1. The second-order valence-electron chi connectivity index (χ2n) is 4.30. The van der Waals surface area contributed by atoms with E-state index in [0.29, 0.717) is 0 Å². The summed E-state index contributed by atoms with van der Waals surface area (Å²) in [6, 6.07) is -1.12. The predicted molar refractivity (Wildman–Crippen MR) is 65.7 cm³/mol. The van der Waals surface area contributed by atoms with Gasteiger partial charge in [0.05, 0.1) is 19.1 Å². The van der Waals surface area contributed by atoms with Crippen molar-refractivity contribution in [3.63, 3.8) is 0 Å². The van der Waals surface area contributed by atoms with E-state index in [0.717, 1.165) is 12.5 Å². The molecule has 1 heterocycles. The van der Waals surface area contributed by atoms with Crippen LogP contribution in [-0.4, -0.2) is 43.5 Å². The van der Waals surface area contributed by atoms with Crippen LogP contribution >= 0.6 is 0 Å². The van der Waals surface area contributed by atoms with Crippen LogP contribution < -0.4 is 4.72 Å². The lowest BCUT2D eigenvalue weighted by Crippen LogP contribution is -2.39. The van der Waals surface area contributed by atoms with Gasteiger partial charge in [0, 0.05) is 12.0 Å². The van der Waals surface area contributed by atoms with Crippen molar-refractivity contribution in [3.05, 3.63) is 17.5 Å². The minimum Gasteiger partial charge on any atom is -0.464 e. The zero-order valence-corrected chi connectivity index (χ0v) is 12.0. The number of H-pyrrole nitrogens is 1. The number of aromatic nitrogens is 2. The van der Waals surface area contributed by atoms with Gasteiger partial charge in [-0.25, -0.2) is 13.1 Å². The number of carbonyl (C=O) groups excluding carboxylic acids is 1. The van der Waals surface area contributed by atoms with Crippen molar-refractivity contribution in [3.8, 4) is 0 Å². The molecule has 0 saturated heterocycles. The number of alkyl halides is 3. The average Bonchev–Trinajstić information content (AvgIpc) is 2.74. The van der Waals surface area contributed by atoms with Gasteiger partial charge in [-0.1, -0.05) is 0 Å². The molecule has 0 aliphatic carbocycles. The van der Waals surface area contributed by atoms with Gasteiger partial charge in [0.25, 0.3) is 0 Å². The molecule has 0 radical (unpaired) electrons. The molecule has 1 atom stereocenters. The highest BCUT2D eigenvalue weighted by molar-refractivity contribution is 7.88. The monoisotopic (exact) mass is 329 g/mol. The average molecular weight is 329 g/mol. The van der Waals surface area contributed by atoms with Gasteiger partial charge in [-0.05, 0) is 6.92 Å². The largest absolute Gasteiger partial charge is 0.464 e. The van der Waals surface area contributed by atoms with E-state index in [1.165, 1.54) is 6.92 Å². The van der Waals surface area contributed by atoms with Gasteiger partial charge < -0.3 is 4.74 Å². The Labute approximate surface area is 118 Å². The van der Waals surface area contributed by atoms with Gasteiger partial charge in [0.1, 0.15) is 11.7 Å². The van der Waals surface area contributed by atoms with Crippen LogP contribution in [0.25, 0.3) is 0 Å². The third-order valence-electron chi connectivity index (χ3n) is 2.36. The summed E-state index contributed by atoms with van der Waals surface area (Å²) in [5.41, 5.74) is -1.14. The number of rotatable bonds is 6. The summed E-state index contributed by atoms with van der Waals surface area (Å²) in [7, 11) is -3.58. The van der Waals surface area contributed by atoms with Crippen LogP contribution in [0.2, 0.25) is 0 Å². The zero-order valence-electron chi connectivity index (χ0n) is 11.2. The van der Waals surface area contributed by atoms with Crippen molar-refractivity contribution in [2.24, 2.45) is 0 Å². The van der Waals surface area contributed by atoms with E-state index in [2.05, 4.69) is 5.10 Å². The Balaban J connectivity index is 2.51. The van der Waals surface area contributed by atoms with Crippen LogP contribution in [-0.2, 0) is 32.2 Å². The topological polar surface area (TPSA) is 101 Å². The number of nitrogens with zero attached hydrogens (tertiary/aromatic N) is 1. The number of hydrogen-bond donors (Lipinski definition) is 2.